The number of benzene rings is 1. The standard InChI is InChI=1S/C15H16N2O2S2/c1-9-8-20-15(16-9)21-11(3)14(19)17-13-6-4-5-12(7-13)10(2)18/h4-8,11H,1-3H3,(H,17,19)/t11-/m0/s1. The molecule has 6 heteroatoms. The highest BCUT2D eigenvalue weighted by molar-refractivity contribution is 8.02. The van der Waals surface area contributed by atoms with E-state index >= 15 is 0 Å². The molecule has 0 bridgehead atoms. The third kappa shape index (κ3) is 4.41. The van der Waals surface area contributed by atoms with E-state index in [4.69, 9.17) is 0 Å². The number of Topliss-reactive ketones (excluding diaryl/α,β-unsaturated/α-hetero) is 1. The van der Waals surface area contributed by atoms with Crippen molar-refractivity contribution >= 4 is 40.5 Å². The van der Waals surface area contributed by atoms with Crippen molar-refractivity contribution in [3.63, 3.8) is 0 Å². The van der Waals surface area contributed by atoms with Crippen LogP contribution in [-0.2, 0) is 4.79 Å². The normalized spacial score (nSPS) is 12.0. The number of thiazole rings is 1. The predicted octanol–water partition coefficient (Wildman–Crippen LogP) is 3.77. The van der Waals surface area contributed by atoms with Gasteiger partial charge >= 0.3 is 0 Å². The van der Waals surface area contributed by atoms with Gasteiger partial charge in [0, 0.05) is 22.3 Å². The van der Waals surface area contributed by atoms with Gasteiger partial charge in [-0.05, 0) is 32.9 Å². The Balaban J connectivity index is 2.00. The number of thioether (sulfide) groups is 1. The maximum atomic E-state index is 12.2. The second-order valence-electron chi connectivity index (χ2n) is 4.64. The molecule has 110 valence electrons. The number of aromatic nitrogens is 1. The number of nitrogens with one attached hydrogen (secondary N) is 1. The van der Waals surface area contributed by atoms with Gasteiger partial charge in [0.1, 0.15) is 0 Å². The Hall–Kier alpha value is -1.66. The third-order valence-corrected chi connectivity index (χ3v) is 4.97. The topological polar surface area (TPSA) is 59.1 Å². The van der Waals surface area contributed by atoms with Crippen LogP contribution in [0.5, 0.6) is 0 Å². The van der Waals surface area contributed by atoms with Gasteiger partial charge in [0.25, 0.3) is 0 Å². The molecule has 1 N–H and O–H groups in total. The highest BCUT2D eigenvalue weighted by Gasteiger charge is 2.16. The number of ketones is 1. The van der Waals surface area contributed by atoms with Crippen LogP contribution in [0.3, 0.4) is 0 Å². The van der Waals surface area contributed by atoms with E-state index in [9.17, 15) is 9.59 Å². The van der Waals surface area contributed by atoms with Crippen molar-refractivity contribution in [3.8, 4) is 0 Å². The molecule has 0 saturated heterocycles. The first-order chi connectivity index (χ1) is 9.95. The first kappa shape index (κ1) is 15.7. The zero-order valence-electron chi connectivity index (χ0n) is 12.0. The number of carbonyl (C=O) groups is 2. The summed E-state index contributed by atoms with van der Waals surface area (Å²) in [5, 5.41) is 4.54. The lowest BCUT2D eigenvalue weighted by Gasteiger charge is -2.11. The van der Waals surface area contributed by atoms with E-state index in [1.807, 2.05) is 19.2 Å². The van der Waals surface area contributed by atoms with Gasteiger partial charge in [0.05, 0.1) is 5.25 Å². The Labute approximate surface area is 132 Å². The summed E-state index contributed by atoms with van der Waals surface area (Å²) in [4.78, 5) is 27.8. The molecule has 0 aliphatic heterocycles. The average molecular weight is 320 g/mol. The van der Waals surface area contributed by atoms with E-state index in [1.165, 1.54) is 30.0 Å². The largest absolute Gasteiger partial charge is 0.325 e. The maximum Gasteiger partial charge on any atom is 0.237 e. The minimum Gasteiger partial charge on any atom is -0.325 e. The fourth-order valence-electron chi connectivity index (χ4n) is 1.65. The minimum absolute atomic E-state index is 0.0215. The lowest BCUT2D eigenvalue weighted by Crippen LogP contribution is -2.22. The summed E-state index contributed by atoms with van der Waals surface area (Å²) in [6.07, 6.45) is 0. The molecule has 0 radical (unpaired) electrons. The summed E-state index contributed by atoms with van der Waals surface area (Å²) in [5.74, 6) is -0.125. The Morgan fingerprint density at radius 3 is 2.76 bits per heavy atom. The highest BCUT2D eigenvalue weighted by atomic mass is 32.2. The molecule has 0 saturated carbocycles. The molecule has 0 aliphatic carbocycles. The van der Waals surface area contributed by atoms with Gasteiger partial charge in [-0.1, -0.05) is 23.9 Å². The average Bonchev–Trinajstić information content (AvgIpc) is 2.84. The molecule has 0 aliphatic rings. The van der Waals surface area contributed by atoms with Crippen molar-refractivity contribution in [2.45, 2.75) is 30.4 Å². The van der Waals surface area contributed by atoms with Gasteiger partial charge in [-0.25, -0.2) is 4.98 Å². The van der Waals surface area contributed by atoms with Crippen LogP contribution in [0.1, 0.15) is 29.9 Å². The van der Waals surface area contributed by atoms with Crippen LogP contribution in [0, 0.1) is 6.92 Å². The number of amides is 1. The van der Waals surface area contributed by atoms with E-state index in [2.05, 4.69) is 10.3 Å². The lowest BCUT2D eigenvalue weighted by molar-refractivity contribution is -0.115. The summed E-state index contributed by atoms with van der Waals surface area (Å²) in [5.41, 5.74) is 2.18. The van der Waals surface area contributed by atoms with Crippen molar-refractivity contribution < 1.29 is 9.59 Å². The van der Waals surface area contributed by atoms with Crippen LogP contribution in [-0.4, -0.2) is 21.9 Å². The van der Waals surface area contributed by atoms with Crippen LogP contribution in [0.4, 0.5) is 5.69 Å². The van der Waals surface area contributed by atoms with Gasteiger partial charge in [-0.3, -0.25) is 9.59 Å². The Morgan fingerprint density at radius 2 is 2.14 bits per heavy atom. The van der Waals surface area contributed by atoms with Gasteiger partial charge in [0.15, 0.2) is 10.1 Å². The Bertz CT molecular complexity index is 667. The molecule has 2 aromatic rings. The van der Waals surface area contributed by atoms with Crippen LogP contribution >= 0.6 is 23.1 Å². The Kier molecular flexibility index (Phi) is 5.14. The molecule has 1 atom stereocenters. The van der Waals surface area contributed by atoms with Gasteiger partial charge in [-0.2, -0.15) is 0 Å². The van der Waals surface area contributed by atoms with Gasteiger partial charge < -0.3 is 5.32 Å². The molecule has 0 fully saturated rings. The highest BCUT2D eigenvalue weighted by Crippen LogP contribution is 2.27. The molecule has 0 unspecified atom stereocenters. The summed E-state index contributed by atoms with van der Waals surface area (Å²) < 4.78 is 0.882. The van der Waals surface area contributed by atoms with Crippen molar-refractivity contribution in [1.29, 1.82) is 0 Å². The molecule has 2 rings (SSSR count). The number of aryl methyl sites for hydroxylation is 1. The molecule has 4 nitrogen and oxygen atoms in total. The minimum atomic E-state index is -0.253. The van der Waals surface area contributed by atoms with Crippen molar-refractivity contribution in [2.75, 3.05) is 5.32 Å². The number of hydrogen-bond donors (Lipinski definition) is 1. The fourth-order valence-corrected chi connectivity index (χ4v) is 3.64. The van der Waals surface area contributed by atoms with E-state index in [0.29, 0.717) is 11.3 Å². The fraction of sp³-hybridized carbons (Fsp3) is 0.267. The van der Waals surface area contributed by atoms with E-state index in [-0.39, 0.29) is 16.9 Å². The maximum absolute atomic E-state index is 12.2. The van der Waals surface area contributed by atoms with Gasteiger partial charge in [0.2, 0.25) is 5.91 Å². The van der Waals surface area contributed by atoms with E-state index < -0.39 is 0 Å². The van der Waals surface area contributed by atoms with Crippen LogP contribution in [0.2, 0.25) is 0 Å². The number of hydrogen-bond acceptors (Lipinski definition) is 5. The van der Waals surface area contributed by atoms with Crippen LogP contribution in [0.25, 0.3) is 0 Å². The van der Waals surface area contributed by atoms with Crippen LogP contribution in [0.15, 0.2) is 34.0 Å². The van der Waals surface area contributed by atoms with Gasteiger partial charge in [-0.15, -0.1) is 11.3 Å². The second-order valence-corrected chi connectivity index (χ2v) is 7.09. The number of nitrogens with zero attached hydrogens (tertiary/aromatic N) is 1. The van der Waals surface area contributed by atoms with Crippen LogP contribution < -0.4 is 5.32 Å². The molecular weight excluding hydrogens is 304 g/mol. The van der Waals surface area contributed by atoms with Crippen molar-refractivity contribution in [1.82, 2.24) is 4.98 Å². The number of anilines is 1. The summed E-state index contributed by atoms with van der Waals surface area (Å²) in [6, 6.07) is 6.95. The molecule has 1 amide bonds. The zero-order chi connectivity index (χ0) is 15.4. The molecule has 0 spiro atoms. The monoisotopic (exact) mass is 320 g/mol. The summed E-state index contributed by atoms with van der Waals surface area (Å²) in [7, 11) is 0. The molecular formula is C15H16N2O2S2. The van der Waals surface area contributed by atoms with E-state index in [1.54, 1.807) is 24.3 Å². The molecule has 1 heterocycles. The van der Waals surface area contributed by atoms with E-state index in [0.717, 1.165) is 10.0 Å². The smallest absolute Gasteiger partial charge is 0.237 e. The number of carbonyl (C=O) groups excluding carboxylic acids is 2. The summed E-state index contributed by atoms with van der Waals surface area (Å²) in [6.45, 7) is 5.27. The SMILES string of the molecule is CC(=O)c1cccc(NC(=O)[C@H](C)Sc2nc(C)cs2)c1. The first-order valence-electron chi connectivity index (χ1n) is 6.46. The quantitative estimate of drug-likeness (QED) is 0.673. The number of rotatable bonds is 5. The van der Waals surface area contributed by atoms with Crippen molar-refractivity contribution in [3.05, 3.63) is 40.9 Å². The molecule has 1 aromatic carbocycles. The molecule has 21 heavy (non-hydrogen) atoms. The zero-order valence-corrected chi connectivity index (χ0v) is 13.7. The predicted molar refractivity (Wildman–Crippen MR) is 87.2 cm³/mol. The summed E-state index contributed by atoms with van der Waals surface area (Å²) >= 11 is 2.97. The lowest BCUT2D eigenvalue weighted by atomic mass is 10.1. The third-order valence-electron chi connectivity index (χ3n) is 2.78. The Morgan fingerprint density at radius 1 is 1.38 bits per heavy atom. The molecule has 1 aromatic heterocycles. The second kappa shape index (κ2) is 6.87. The van der Waals surface area contributed by atoms with Crippen molar-refractivity contribution in [2.24, 2.45) is 0 Å². The first-order valence-corrected chi connectivity index (χ1v) is 8.22.